The average Bonchev–Trinajstić information content (AvgIpc) is 3.03. The molecule has 5 heteroatoms. The lowest BCUT2D eigenvalue weighted by atomic mass is 9.87. The second-order valence-electron chi connectivity index (χ2n) is 5.80. The van der Waals surface area contributed by atoms with Crippen molar-refractivity contribution in [3.05, 3.63) is 46.3 Å². The summed E-state index contributed by atoms with van der Waals surface area (Å²) in [6.45, 7) is 2.05. The summed E-state index contributed by atoms with van der Waals surface area (Å²) < 4.78 is 13.1. The molecule has 0 aromatic heterocycles. The molecule has 2 aliphatic rings. The second-order valence-corrected chi connectivity index (χ2v) is 5.80. The average molecular weight is 276 g/mol. The molecule has 0 amide bonds. The van der Waals surface area contributed by atoms with E-state index in [1.54, 1.807) is 0 Å². The highest BCUT2D eigenvalue weighted by Gasteiger charge is 2.38. The van der Waals surface area contributed by atoms with Gasteiger partial charge in [0.1, 0.15) is 11.5 Å². The number of allylic oxidation sites excluding steroid dienone is 2. The number of hydrogen-bond donors (Lipinski definition) is 1. The van der Waals surface area contributed by atoms with Gasteiger partial charge in [-0.1, -0.05) is 12.2 Å². The van der Waals surface area contributed by atoms with Crippen LogP contribution >= 0.6 is 0 Å². The van der Waals surface area contributed by atoms with E-state index in [0.29, 0.717) is 23.4 Å². The van der Waals surface area contributed by atoms with Crippen LogP contribution in [0.4, 0.5) is 15.8 Å². The van der Waals surface area contributed by atoms with E-state index in [-0.39, 0.29) is 11.7 Å². The molecule has 106 valence electrons. The standard InChI is InChI=1S/C15H17FN2O2/c1-9(13-7-10-2-3-11(13)6-10)17-14-5-4-12(16)8-15(14)18(19)20/h2-5,8-11,13,17H,6-7H2,1H3. The molecule has 1 fully saturated rings. The number of anilines is 1. The fourth-order valence-electron chi connectivity index (χ4n) is 3.53. The van der Waals surface area contributed by atoms with Crippen LogP contribution in [0.15, 0.2) is 30.4 Å². The summed E-state index contributed by atoms with van der Waals surface area (Å²) in [6.07, 6.45) is 6.86. The first kappa shape index (κ1) is 13.1. The van der Waals surface area contributed by atoms with Gasteiger partial charge in [0, 0.05) is 6.04 Å². The fourth-order valence-corrected chi connectivity index (χ4v) is 3.53. The number of rotatable bonds is 4. The number of fused-ring (bicyclic) bond motifs is 2. The van der Waals surface area contributed by atoms with Gasteiger partial charge in [0.15, 0.2) is 0 Å². The molecule has 20 heavy (non-hydrogen) atoms. The molecular weight excluding hydrogens is 259 g/mol. The van der Waals surface area contributed by atoms with E-state index >= 15 is 0 Å². The molecule has 0 spiro atoms. The SMILES string of the molecule is CC(Nc1ccc(F)cc1[N+](=O)[O-])C1CC2C=CC1C2. The van der Waals surface area contributed by atoms with Crippen LogP contribution in [0, 0.1) is 33.7 Å². The predicted octanol–water partition coefficient (Wildman–Crippen LogP) is 3.75. The quantitative estimate of drug-likeness (QED) is 0.517. The van der Waals surface area contributed by atoms with Crippen molar-refractivity contribution in [2.45, 2.75) is 25.8 Å². The highest BCUT2D eigenvalue weighted by atomic mass is 19.1. The second kappa shape index (κ2) is 4.89. The van der Waals surface area contributed by atoms with Gasteiger partial charge in [-0.2, -0.15) is 0 Å². The Balaban J connectivity index is 1.77. The number of halogens is 1. The lowest BCUT2D eigenvalue weighted by Crippen LogP contribution is -2.29. The number of benzene rings is 1. The number of nitro groups is 1. The highest BCUT2D eigenvalue weighted by Crippen LogP contribution is 2.45. The van der Waals surface area contributed by atoms with Crippen molar-refractivity contribution in [2.75, 3.05) is 5.32 Å². The van der Waals surface area contributed by atoms with Crippen molar-refractivity contribution in [1.29, 1.82) is 0 Å². The van der Waals surface area contributed by atoms with Gasteiger partial charge in [0.05, 0.1) is 11.0 Å². The van der Waals surface area contributed by atoms with Crippen LogP contribution in [0.25, 0.3) is 0 Å². The lowest BCUT2D eigenvalue weighted by molar-refractivity contribution is -0.384. The van der Waals surface area contributed by atoms with Gasteiger partial charge in [0.25, 0.3) is 5.69 Å². The summed E-state index contributed by atoms with van der Waals surface area (Å²) in [5.41, 5.74) is 0.200. The lowest BCUT2D eigenvalue weighted by Gasteiger charge is -2.26. The zero-order chi connectivity index (χ0) is 14.3. The van der Waals surface area contributed by atoms with Gasteiger partial charge >= 0.3 is 0 Å². The highest BCUT2D eigenvalue weighted by molar-refractivity contribution is 5.61. The molecule has 0 aliphatic heterocycles. The molecule has 3 rings (SSSR count). The van der Waals surface area contributed by atoms with E-state index in [1.165, 1.54) is 18.6 Å². The topological polar surface area (TPSA) is 55.2 Å². The summed E-state index contributed by atoms with van der Waals surface area (Å²) in [4.78, 5) is 10.4. The molecule has 1 N–H and O–H groups in total. The molecule has 2 bridgehead atoms. The number of hydrogen-bond acceptors (Lipinski definition) is 3. The van der Waals surface area contributed by atoms with E-state index in [9.17, 15) is 14.5 Å². The van der Waals surface area contributed by atoms with Crippen LogP contribution < -0.4 is 5.32 Å². The van der Waals surface area contributed by atoms with Crippen molar-refractivity contribution < 1.29 is 9.31 Å². The summed E-state index contributed by atoms with van der Waals surface area (Å²) in [6, 6.07) is 3.81. The Bertz CT molecular complexity index is 573. The maximum Gasteiger partial charge on any atom is 0.295 e. The molecule has 4 unspecified atom stereocenters. The van der Waals surface area contributed by atoms with E-state index in [2.05, 4.69) is 17.5 Å². The van der Waals surface area contributed by atoms with E-state index in [1.807, 2.05) is 6.92 Å². The minimum Gasteiger partial charge on any atom is -0.377 e. The van der Waals surface area contributed by atoms with Gasteiger partial charge in [-0.05, 0) is 49.7 Å². The first-order chi connectivity index (χ1) is 9.54. The molecule has 1 saturated carbocycles. The third kappa shape index (κ3) is 2.28. The molecule has 0 saturated heterocycles. The number of nitrogens with one attached hydrogen (secondary N) is 1. The van der Waals surface area contributed by atoms with E-state index in [0.717, 1.165) is 12.5 Å². The van der Waals surface area contributed by atoms with Crippen molar-refractivity contribution >= 4 is 11.4 Å². The van der Waals surface area contributed by atoms with Crippen LogP contribution in [0.2, 0.25) is 0 Å². The molecule has 1 aromatic rings. The monoisotopic (exact) mass is 276 g/mol. The van der Waals surface area contributed by atoms with Crippen molar-refractivity contribution in [3.8, 4) is 0 Å². The smallest absolute Gasteiger partial charge is 0.295 e. The Morgan fingerprint density at radius 1 is 1.40 bits per heavy atom. The van der Waals surface area contributed by atoms with Gasteiger partial charge in [-0.15, -0.1) is 0 Å². The summed E-state index contributed by atoms with van der Waals surface area (Å²) in [5.74, 6) is 1.15. The summed E-state index contributed by atoms with van der Waals surface area (Å²) in [7, 11) is 0. The third-order valence-corrected chi connectivity index (χ3v) is 4.51. The minimum atomic E-state index is -0.585. The van der Waals surface area contributed by atoms with Gasteiger partial charge in [-0.25, -0.2) is 4.39 Å². The molecule has 0 heterocycles. The summed E-state index contributed by atoms with van der Waals surface area (Å²) >= 11 is 0. The van der Waals surface area contributed by atoms with Crippen molar-refractivity contribution in [2.24, 2.45) is 17.8 Å². The Kier molecular flexibility index (Phi) is 3.20. The van der Waals surface area contributed by atoms with Crippen LogP contribution in [0.3, 0.4) is 0 Å². The first-order valence-corrected chi connectivity index (χ1v) is 6.93. The minimum absolute atomic E-state index is 0.138. The molecule has 0 radical (unpaired) electrons. The number of nitrogens with zero attached hydrogens (tertiary/aromatic N) is 1. The van der Waals surface area contributed by atoms with E-state index < -0.39 is 10.7 Å². The normalized spacial score (nSPS) is 28.6. The van der Waals surface area contributed by atoms with Crippen LogP contribution in [-0.4, -0.2) is 11.0 Å². The number of nitro benzene ring substituents is 1. The zero-order valence-electron chi connectivity index (χ0n) is 11.3. The fraction of sp³-hybridized carbons (Fsp3) is 0.467. The van der Waals surface area contributed by atoms with Crippen LogP contribution in [-0.2, 0) is 0 Å². The van der Waals surface area contributed by atoms with Crippen LogP contribution in [0.1, 0.15) is 19.8 Å². The van der Waals surface area contributed by atoms with Crippen molar-refractivity contribution in [3.63, 3.8) is 0 Å². The third-order valence-electron chi connectivity index (χ3n) is 4.51. The van der Waals surface area contributed by atoms with E-state index in [4.69, 9.17) is 0 Å². The largest absolute Gasteiger partial charge is 0.377 e. The Labute approximate surface area is 116 Å². The zero-order valence-corrected chi connectivity index (χ0v) is 11.3. The Morgan fingerprint density at radius 2 is 2.20 bits per heavy atom. The molecule has 4 atom stereocenters. The maximum atomic E-state index is 13.1. The summed E-state index contributed by atoms with van der Waals surface area (Å²) in [5, 5.41) is 14.2. The predicted molar refractivity (Wildman–Crippen MR) is 75.0 cm³/mol. The Hall–Kier alpha value is -1.91. The van der Waals surface area contributed by atoms with Crippen LogP contribution in [0.5, 0.6) is 0 Å². The first-order valence-electron chi connectivity index (χ1n) is 6.93. The maximum absolute atomic E-state index is 13.1. The van der Waals surface area contributed by atoms with Gasteiger partial charge < -0.3 is 5.32 Å². The molecule has 4 nitrogen and oxygen atoms in total. The molecule has 2 aliphatic carbocycles. The Morgan fingerprint density at radius 3 is 2.80 bits per heavy atom. The van der Waals surface area contributed by atoms with Gasteiger partial charge in [0.2, 0.25) is 0 Å². The van der Waals surface area contributed by atoms with Gasteiger partial charge in [-0.3, -0.25) is 10.1 Å². The van der Waals surface area contributed by atoms with Crippen molar-refractivity contribution in [1.82, 2.24) is 0 Å². The molecule has 1 aromatic carbocycles. The molecular formula is C15H17FN2O2.